The van der Waals surface area contributed by atoms with Gasteiger partial charge >= 0.3 is 5.97 Å². The van der Waals surface area contributed by atoms with Crippen LogP contribution in [0.4, 0.5) is 5.69 Å². The molecule has 21 heavy (non-hydrogen) atoms. The standard InChI is InChI=1S/C17H26N2O2/c1-16(2,3)12-4-6-13(7-5-12)19-14-8-10-17(18,11-9-14)15(20)21/h4-7,14,19H,8-11,18H2,1-3H3,(H,20,21). The van der Waals surface area contributed by atoms with Gasteiger partial charge in [-0.3, -0.25) is 4.79 Å². The van der Waals surface area contributed by atoms with E-state index in [4.69, 9.17) is 10.8 Å². The molecule has 1 fully saturated rings. The minimum atomic E-state index is -1.03. The third kappa shape index (κ3) is 3.76. The Labute approximate surface area is 126 Å². The van der Waals surface area contributed by atoms with Crippen molar-refractivity contribution >= 4 is 11.7 Å². The molecule has 4 N–H and O–H groups in total. The Morgan fingerprint density at radius 3 is 2.19 bits per heavy atom. The Bertz CT molecular complexity index is 495. The van der Waals surface area contributed by atoms with E-state index in [2.05, 4.69) is 50.4 Å². The minimum absolute atomic E-state index is 0.157. The molecule has 1 saturated carbocycles. The van der Waals surface area contributed by atoms with Gasteiger partial charge in [0.15, 0.2) is 0 Å². The summed E-state index contributed by atoms with van der Waals surface area (Å²) in [4.78, 5) is 11.1. The third-order valence-corrected chi connectivity index (χ3v) is 4.43. The molecule has 2 rings (SSSR count). The molecule has 0 saturated heterocycles. The Morgan fingerprint density at radius 2 is 1.76 bits per heavy atom. The van der Waals surface area contributed by atoms with Gasteiger partial charge in [-0.05, 0) is 48.8 Å². The van der Waals surface area contributed by atoms with Crippen molar-refractivity contribution in [3.8, 4) is 0 Å². The summed E-state index contributed by atoms with van der Waals surface area (Å²) in [6.45, 7) is 6.59. The number of carbonyl (C=O) groups is 1. The number of carboxylic acids is 1. The number of nitrogens with two attached hydrogens (primary N) is 1. The summed E-state index contributed by atoms with van der Waals surface area (Å²) < 4.78 is 0. The van der Waals surface area contributed by atoms with Crippen LogP contribution in [0.25, 0.3) is 0 Å². The largest absolute Gasteiger partial charge is 0.480 e. The molecule has 1 aliphatic carbocycles. The van der Waals surface area contributed by atoms with E-state index in [1.807, 2.05) is 0 Å². The van der Waals surface area contributed by atoms with Gasteiger partial charge in [-0.1, -0.05) is 32.9 Å². The van der Waals surface area contributed by atoms with Crippen LogP contribution in [0.3, 0.4) is 0 Å². The first-order valence-corrected chi connectivity index (χ1v) is 7.60. The Morgan fingerprint density at radius 1 is 1.24 bits per heavy atom. The van der Waals surface area contributed by atoms with E-state index in [1.165, 1.54) is 5.56 Å². The van der Waals surface area contributed by atoms with Gasteiger partial charge in [-0.2, -0.15) is 0 Å². The molecular formula is C17H26N2O2. The van der Waals surface area contributed by atoms with E-state index in [9.17, 15) is 4.79 Å². The molecule has 0 radical (unpaired) electrons. The first-order valence-electron chi connectivity index (χ1n) is 7.60. The number of anilines is 1. The second kappa shape index (κ2) is 5.68. The van der Waals surface area contributed by atoms with E-state index >= 15 is 0 Å². The summed E-state index contributed by atoms with van der Waals surface area (Å²) in [5, 5.41) is 12.6. The van der Waals surface area contributed by atoms with E-state index in [-0.39, 0.29) is 5.41 Å². The minimum Gasteiger partial charge on any atom is -0.480 e. The summed E-state index contributed by atoms with van der Waals surface area (Å²) in [6.07, 6.45) is 2.65. The first-order chi connectivity index (χ1) is 9.71. The summed E-state index contributed by atoms with van der Waals surface area (Å²) in [5.74, 6) is -0.879. The first kappa shape index (κ1) is 15.8. The molecular weight excluding hydrogens is 264 g/mol. The Balaban J connectivity index is 1.94. The van der Waals surface area contributed by atoms with E-state index < -0.39 is 11.5 Å². The van der Waals surface area contributed by atoms with Crippen LogP contribution < -0.4 is 11.1 Å². The van der Waals surface area contributed by atoms with Crippen LogP contribution >= 0.6 is 0 Å². The summed E-state index contributed by atoms with van der Waals surface area (Å²) in [5.41, 5.74) is 7.42. The average molecular weight is 290 g/mol. The van der Waals surface area contributed by atoms with Crippen molar-refractivity contribution in [2.24, 2.45) is 5.73 Å². The number of hydrogen-bond donors (Lipinski definition) is 3. The quantitative estimate of drug-likeness (QED) is 0.799. The maximum atomic E-state index is 11.1. The van der Waals surface area contributed by atoms with Crippen LogP contribution in [0.1, 0.15) is 52.0 Å². The zero-order valence-electron chi connectivity index (χ0n) is 13.1. The van der Waals surface area contributed by atoms with Crippen LogP contribution in [0.5, 0.6) is 0 Å². The van der Waals surface area contributed by atoms with Crippen LogP contribution in [-0.2, 0) is 10.2 Å². The number of rotatable bonds is 3. The Hall–Kier alpha value is -1.55. The molecule has 0 heterocycles. The smallest absolute Gasteiger partial charge is 0.323 e. The fraction of sp³-hybridized carbons (Fsp3) is 0.588. The number of aliphatic carboxylic acids is 1. The zero-order chi connectivity index (χ0) is 15.7. The lowest BCUT2D eigenvalue weighted by Crippen LogP contribution is -2.52. The normalized spacial score (nSPS) is 26.4. The van der Waals surface area contributed by atoms with E-state index in [0.29, 0.717) is 18.9 Å². The van der Waals surface area contributed by atoms with Crippen LogP contribution in [0.15, 0.2) is 24.3 Å². The molecule has 0 atom stereocenters. The SMILES string of the molecule is CC(C)(C)c1ccc(NC2CCC(N)(C(=O)O)CC2)cc1. The van der Waals surface area contributed by atoms with Gasteiger partial charge in [0.2, 0.25) is 0 Å². The van der Waals surface area contributed by atoms with Gasteiger partial charge in [0.05, 0.1) is 0 Å². The molecule has 4 nitrogen and oxygen atoms in total. The fourth-order valence-electron chi connectivity index (χ4n) is 2.79. The van der Waals surface area contributed by atoms with Crippen LogP contribution in [0.2, 0.25) is 0 Å². The maximum Gasteiger partial charge on any atom is 0.323 e. The van der Waals surface area contributed by atoms with Crippen molar-refractivity contribution in [2.45, 2.75) is 63.5 Å². The predicted octanol–water partition coefficient (Wildman–Crippen LogP) is 3.12. The highest BCUT2D eigenvalue weighted by Gasteiger charge is 2.38. The number of nitrogens with one attached hydrogen (secondary N) is 1. The molecule has 4 heteroatoms. The second-order valence-electron chi connectivity index (χ2n) is 7.21. The van der Waals surface area contributed by atoms with Crippen LogP contribution in [0, 0.1) is 0 Å². The maximum absolute atomic E-state index is 11.1. The van der Waals surface area contributed by atoms with Gasteiger partial charge in [-0.15, -0.1) is 0 Å². The molecule has 116 valence electrons. The van der Waals surface area contributed by atoms with Crippen molar-refractivity contribution in [3.05, 3.63) is 29.8 Å². The zero-order valence-corrected chi connectivity index (χ0v) is 13.1. The molecule has 1 aliphatic rings. The van der Waals surface area contributed by atoms with Gasteiger partial charge in [0.25, 0.3) is 0 Å². The third-order valence-electron chi connectivity index (χ3n) is 4.43. The average Bonchev–Trinajstić information content (AvgIpc) is 2.41. The fourth-order valence-corrected chi connectivity index (χ4v) is 2.79. The summed E-state index contributed by atoms with van der Waals surface area (Å²) >= 11 is 0. The number of benzene rings is 1. The topological polar surface area (TPSA) is 75.3 Å². The van der Waals surface area contributed by atoms with Gasteiger partial charge < -0.3 is 16.2 Å². The van der Waals surface area contributed by atoms with Crippen molar-refractivity contribution in [1.82, 2.24) is 0 Å². The van der Waals surface area contributed by atoms with Crippen molar-refractivity contribution < 1.29 is 9.90 Å². The van der Waals surface area contributed by atoms with Crippen molar-refractivity contribution in [2.75, 3.05) is 5.32 Å². The molecule has 1 aromatic carbocycles. The van der Waals surface area contributed by atoms with Gasteiger partial charge in [0.1, 0.15) is 5.54 Å². The summed E-state index contributed by atoms with van der Waals surface area (Å²) in [6, 6.07) is 8.80. The molecule has 1 aromatic rings. The molecule has 0 unspecified atom stereocenters. The molecule has 0 spiro atoms. The predicted molar refractivity (Wildman–Crippen MR) is 85.6 cm³/mol. The highest BCUT2D eigenvalue weighted by molar-refractivity contribution is 5.78. The van der Waals surface area contributed by atoms with Crippen molar-refractivity contribution in [1.29, 1.82) is 0 Å². The summed E-state index contributed by atoms with van der Waals surface area (Å²) in [7, 11) is 0. The monoisotopic (exact) mass is 290 g/mol. The molecule has 0 aliphatic heterocycles. The molecule has 0 amide bonds. The van der Waals surface area contributed by atoms with Crippen molar-refractivity contribution in [3.63, 3.8) is 0 Å². The van der Waals surface area contributed by atoms with E-state index in [1.54, 1.807) is 0 Å². The van der Waals surface area contributed by atoms with E-state index in [0.717, 1.165) is 18.5 Å². The number of hydrogen-bond acceptors (Lipinski definition) is 3. The van der Waals surface area contributed by atoms with Crippen LogP contribution in [-0.4, -0.2) is 22.7 Å². The van der Waals surface area contributed by atoms with Gasteiger partial charge in [-0.25, -0.2) is 0 Å². The number of carboxylic acid groups (broad SMARTS) is 1. The lowest BCUT2D eigenvalue weighted by atomic mass is 9.80. The molecule has 0 aromatic heterocycles. The van der Waals surface area contributed by atoms with Gasteiger partial charge in [0, 0.05) is 11.7 Å². The molecule has 0 bridgehead atoms. The highest BCUT2D eigenvalue weighted by Crippen LogP contribution is 2.29. The second-order valence-corrected chi connectivity index (χ2v) is 7.21. The lowest BCUT2D eigenvalue weighted by Gasteiger charge is -2.34. The lowest BCUT2D eigenvalue weighted by molar-refractivity contribution is -0.144. The Kier molecular flexibility index (Phi) is 4.28. The highest BCUT2D eigenvalue weighted by atomic mass is 16.4.